The SMILES string of the molecule is NC1CCCC2CN(C(=O)CC3CC4CCC3C4)CC12. The molecule has 6 unspecified atom stereocenters. The van der Waals surface area contributed by atoms with E-state index in [4.69, 9.17) is 5.73 Å². The van der Waals surface area contributed by atoms with Gasteiger partial charge in [0.05, 0.1) is 0 Å². The predicted octanol–water partition coefficient (Wildman–Crippen LogP) is 2.40. The summed E-state index contributed by atoms with van der Waals surface area (Å²) < 4.78 is 0. The van der Waals surface area contributed by atoms with Gasteiger partial charge in [0.15, 0.2) is 0 Å². The number of hydrogen-bond donors (Lipinski definition) is 1. The van der Waals surface area contributed by atoms with Crippen molar-refractivity contribution in [2.45, 2.75) is 57.4 Å². The van der Waals surface area contributed by atoms with E-state index in [-0.39, 0.29) is 0 Å². The number of hydrogen-bond acceptors (Lipinski definition) is 2. The first kappa shape index (κ1) is 13.1. The van der Waals surface area contributed by atoms with Crippen molar-refractivity contribution in [2.24, 2.45) is 35.3 Å². The highest BCUT2D eigenvalue weighted by atomic mass is 16.2. The van der Waals surface area contributed by atoms with Crippen LogP contribution in [-0.2, 0) is 4.79 Å². The van der Waals surface area contributed by atoms with Crippen LogP contribution in [-0.4, -0.2) is 29.9 Å². The molecule has 3 heteroatoms. The van der Waals surface area contributed by atoms with Crippen LogP contribution in [0, 0.1) is 29.6 Å². The molecule has 0 aromatic rings. The molecule has 3 nitrogen and oxygen atoms in total. The van der Waals surface area contributed by atoms with Crippen LogP contribution in [0.15, 0.2) is 0 Å². The summed E-state index contributed by atoms with van der Waals surface area (Å²) in [7, 11) is 0. The van der Waals surface area contributed by atoms with Gasteiger partial charge in [0.2, 0.25) is 5.91 Å². The Bertz CT molecular complexity index is 396. The van der Waals surface area contributed by atoms with Crippen LogP contribution in [0.5, 0.6) is 0 Å². The molecule has 0 aromatic carbocycles. The quantitative estimate of drug-likeness (QED) is 0.842. The van der Waals surface area contributed by atoms with Gasteiger partial charge in [0, 0.05) is 25.6 Å². The van der Waals surface area contributed by atoms with E-state index >= 15 is 0 Å². The van der Waals surface area contributed by atoms with Crippen molar-refractivity contribution in [2.75, 3.05) is 13.1 Å². The number of amides is 1. The van der Waals surface area contributed by atoms with Crippen molar-refractivity contribution >= 4 is 5.91 Å². The van der Waals surface area contributed by atoms with Crippen molar-refractivity contribution in [3.05, 3.63) is 0 Å². The van der Waals surface area contributed by atoms with E-state index in [1.165, 1.54) is 38.5 Å². The smallest absolute Gasteiger partial charge is 0.222 e. The zero-order valence-electron chi connectivity index (χ0n) is 12.5. The lowest BCUT2D eigenvalue weighted by Gasteiger charge is -2.29. The van der Waals surface area contributed by atoms with Gasteiger partial charge >= 0.3 is 0 Å². The molecule has 3 saturated carbocycles. The molecule has 1 saturated heterocycles. The zero-order chi connectivity index (χ0) is 13.7. The predicted molar refractivity (Wildman–Crippen MR) is 78.9 cm³/mol. The molecule has 3 aliphatic carbocycles. The first-order chi connectivity index (χ1) is 9.70. The highest BCUT2D eigenvalue weighted by molar-refractivity contribution is 5.77. The lowest BCUT2D eigenvalue weighted by atomic mass is 9.78. The van der Waals surface area contributed by atoms with Gasteiger partial charge in [0.1, 0.15) is 0 Å². The fourth-order valence-corrected chi connectivity index (χ4v) is 5.70. The second kappa shape index (κ2) is 5.01. The summed E-state index contributed by atoms with van der Waals surface area (Å²) in [5.74, 6) is 4.25. The van der Waals surface area contributed by atoms with Crippen LogP contribution < -0.4 is 5.73 Å². The molecular formula is C17H28N2O. The van der Waals surface area contributed by atoms with Gasteiger partial charge in [0.25, 0.3) is 0 Å². The van der Waals surface area contributed by atoms with Gasteiger partial charge in [-0.15, -0.1) is 0 Å². The minimum atomic E-state index is 0.342. The minimum absolute atomic E-state index is 0.342. The second-order valence-electron chi connectivity index (χ2n) is 7.96. The van der Waals surface area contributed by atoms with E-state index < -0.39 is 0 Å². The van der Waals surface area contributed by atoms with E-state index in [2.05, 4.69) is 4.90 Å². The minimum Gasteiger partial charge on any atom is -0.342 e. The first-order valence-electron chi connectivity index (χ1n) is 8.74. The normalized spacial score (nSPS) is 46.8. The third-order valence-electron chi connectivity index (χ3n) is 6.83. The summed E-state index contributed by atoms with van der Waals surface area (Å²) in [5, 5.41) is 0. The molecule has 0 spiro atoms. The molecule has 1 amide bonds. The Balaban J connectivity index is 1.35. The summed E-state index contributed by atoms with van der Waals surface area (Å²) in [6.07, 6.45) is 10.1. The number of carbonyl (C=O) groups excluding carboxylic acids is 1. The average Bonchev–Trinajstić information content (AvgIpc) is 3.12. The molecule has 6 atom stereocenters. The monoisotopic (exact) mass is 276 g/mol. The van der Waals surface area contributed by atoms with E-state index in [1.807, 2.05) is 0 Å². The van der Waals surface area contributed by atoms with Gasteiger partial charge in [-0.3, -0.25) is 4.79 Å². The number of rotatable bonds is 2. The fraction of sp³-hybridized carbons (Fsp3) is 0.941. The van der Waals surface area contributed by atoms with Gasteiger partial charge in [-0.2, -0.15) is 0 Å². The molecule has 20 heavy (non-hydrogen) atoms. The molecule has 4 rings (SSSR count). The molecule has 4 fully saturated rings. The van der Waals surface area contributed by atoms with Crippen LogP contribution in [0.4, 0.5) is 0 Å². The highest BCUT2D eigenvalue weighted by Gasteiger charge is 2.43. The van der Waals surface area contributed by atoms with Gasteiger partial charge in [-0.25, -0.2) is 0 Å². The van der Waals surface area contributed by atoms with E-state index in [0.717, 1.165) is 37.8 Å². The molecule has 1 heterocycles. The van der Waals surface area contributed by atoms with E-state index in [1.54, 1.807) is 0 Å². The number of fused-ring (bicyclic) bond motifs is 3. The van der Waals surface area contributed by atoms with E-state index in [0.29, 0.717) is 29.7 Å². The van der Waals surface area contributed by atoms with Crippen molar-refractivity contribution in [1.29, 1.82) is 0 Å². The number of likely N-dealkylation sites (tertiary alicyclic amines) is 1. The van der Waals surface area contributed by atoms with Gasteiger partial charge in [-0.05, 0) is 61.7 Å². The highest BCUT2D eigenvalue weighted by Crippen LogP contribution is 2.49. The third-order valence-corrected chi connectivity index (χ3v) is 6.83. The van der Waals surface area contributed by atoms with Crippen LogP contribution >= 0.6 is 0 Å². The molecule has 1 aliphatic heterocycles. The van der Waals surface area contributed by atoms with Crippen molar-refractivity contribution < 1.29 is 4.79 Å². The molecule has 2 N–H and O–H groups in total. The van der Waals surface area contributed by atoms with Crippen molar-refractivity contribution in [1.82, 2.24) is 4.90 Å². The standard InChI is InChI=1S/C17H28N2O/c18-16-3-1-2-13-9-19(10-15(13)16)17(20)8-14-7-11-4-5-12(14)6-11/h11-16H,1-10,18H2. The maximum Gasteiger partial charge on any atom is 0.222 e. The Morgan fingerprint density at radius 3 is 2.65 bits per heavy atom. The summed E-state index contributed by atoms with van der Waals surface area (Å²) in [6.45, 7) is 1.95. The van der Waals surface area contributed by atoms with Crippen LogP contribution in [0.1, 0.15) is 51.4 Å². The van der Waals surface area contributed by atoms with Crippen LogP contribution in [0.3, 0.4) is 0 Å². The third kappa shape index (κ3) is 2.18. The number of nitrogens with zero attached hydrogens (tertiary/aromatic N) is 1. The summed E-state index contributed by atoms with van der Waals surface area (Å²) in [4.78, 5) is 14.8. The Hall–Kier alpha value is -0.570. The largest absolute Gasteiger partial charge is 0.342 e. The van der Waals surface area contributed by atoms with Gasteiger partial charge in [-0.1, -0.05) is 12.8 Å². The number of nitrogens with two attached hydrogens (primary N) is 1. The van der Waals surface area contributed by atoms with E-state index in [9.17, 15) is 4.79 Å². The summed E-state index contributed by atoms with van der Waals surface area (Å²) >= 11 is 0. The number of carbonyl (C=O) groups is 1. The maximum atomic E-state index is 12.6. The summed E-state index contributed by atoms with van der Waals surface area (Å²) in [5.41, 5.74) is 6.26. The molecule has 4 aliphatic rings. The van der Waals surface area contributed by atoms with Gasteiger partial charge < -0.3 is 10.6 Å². The lowest BCUT2D eigenvalue weighted by Crippen LogP contribution is -2.38. The molecule has 2 bridgehead atoms. The van der Waals surface area contributed by atoms with Crippen molar-refractivity contribution in [3.8, 4) is 0 Å². The Labute approximate surface area is 122 Å². The Kier molecular flexibility index (Phi) is 3.29. The zero-order valence-corrected chi connectivity index (χ0v) is 12.5. The maximum absolute atomic E-state index is 12.6. The topological polar surface area (TPSA) is 46.3 Å². The fourth-order valence-electron chi connectivity index (χ4n) is 5.70. The summed E-state index contributed by atoms with van der Waals surface area (Å²) in [6, 6.07) is 0.342. The molecular weight excluding hydrogens is 248 g/mol. The molecule has 0 radical (unpaired) electrons. The van der Waals surface area contributed by atoms with Crippen molar-refractivity contribution in [3.63, 3.8) is 0 Å². The average molecular weight is 276 g/mol. The first-order valence-corrected chi connectivity index (χ1v) is 8.74. The molecule has 0 aromatic heterocycles. The Morgan fingerprint density at radius 2 is 1.95 bits per heavy atom. The van der Waals surface area contributed by atoms with Crippen LogP contribution in [0.2, 0.25) is 0 Å². The Morgan fingerprint density at radius 1 is 1.05 bits per heavy atom. The second-order valence-corrected chi connectivity index (χ2v) is 7.96. The lowest BCUT2D eigenvalue weighted by molar-refractivity contribution is -0.131. The molecule has 112 valence electrons. The van der Waals surface area contributed by atoms with Crippen LogP contribution in [0.25, 0.3) is 0 Å².